The van der Waals surface area contributed by atoms with Gasteiger partial charge < -0.3 is 90.9 Å². The van der Waals surface area contributed by atoms with Crippen LogP contribution in [0.3, 0.4) is 0 Å². The Morgan fingerprint density at radius 2 is 1.04 bits per heavy atom. The van der Waals surface area contributed by atoms with Gasteiger partial charge in [-0.15, -0.1) is 0 Å². The number of phenolic OH excluding ortho intramolecular Hbond substituents is 2. The Bertz CT molecular complexity index is 1270. The topological polar surface area (TPSA) is 304 Å². The molecular formula is C30H46N2O16. The van der Waals surface area contributed by atoms with Crippen LogP contribution in [0.25, 0.3) is 0 Å². The van der Waals surface area contributed by atoms with Crippen molar-refractivity contribution in [1.29, 1.82) is 0 Å². The highest BCUT2D eigenvalue weighted by Gasteiger charge is 2.46. The van der Waals surface area contributed by atoms with E-state index in [0.717, 1.165) is 0 Å². The minimum absolute atomic E-state index is 0.0419. The molecular weight excluding hydrogens is 644 g/mol. The van der Waals surface area contributed by atoms with Gasteiger partial charge in [0.05, 0.1) is 25.4 Å². The van der Waals surface area contributed by atoms with Crippen molar-refractivity contribution in [2.75, 3.05) is 40.4 Å². The van der Waals surface area contributed by atoms with Crippen LogP contribution in [-0.4, -0.2) is 163 Å². The average molecular weight is 691 g/mol. The molecule has 0 amide bonds. The van der Waals surface area contributed by atoms with Gasteiger partial charge in [0.15, 0.2) is 23.0 Å². The second-order valence-electron chi connectivity index (χ2n) is 11.2. The number of aliphatic hydroxyl groups excluding tert-OH is 10. The molecule has 2 aromatic carbocycles. The van der Waals surface area contributed by atoms with Gasteiger partial charge in [-0.3, -0.25) is 0 Å². The van der Waals surface area contributed by atoms with Gasteiger partial charge in [0.25, 0.3) is 0 Å². The van der Waals surface area contributed by atoms with Crippen LogP contribution in [0.2, 0.25) is 0 Å². The minimum atomic E-state index is -1.59. The Morgan fingerprint density at radius 3 is 1.48 bits per heavy atom. The zero-order valence-corrected chi connectivity index (χ0v) is 26.2. The van der Waals surface area contributed by atoms with Gasteiger partial charge in [-0.2, -0.15) is 0 Å². The summed E-state index contributed by atoms with van der Waals surface area (Å²) in [4.78, 5) is 0. The maximum atomic E-state index is 10.0. The lowest BCUT2D eigenvalue weighted by Gasteiger charge is -2.39. The number of phenols is 2. The van der Waals surface area contributed by atoms with E-state index < -0.39 is 86.8 Å². The molecule has 18 heteroatoms. The van der Waals surface area contributed by atoms with Gasteiger partial charge in [0.1, 0.15) is 48.8 Å². The van der Waals surface area contributed by atoms with Crippen LogP contribution in [0.15, 0.2) is 36.4 Å². The molecule has 0 radical (unpaired) electrons. The van der Waals surface area contributed by atoms with Crippen LogP contribution in [0.4, 0.5) is 0 Å². The highest BCUT2D eigenvalue weighted by molar-refractivity contribution is 5.43. The lowest BCUT2D eigenvalue weighted by Crippen LogP contribution is -2.60. The van der Waals surface area contributed by atoms with E-state index in [2.05, 4.69) is 10.6 Å². The highest BCUT2D eigenvalue weighted by Crippen LogP contribution is 2.34. The standard InChI is InChI=1S/2C15H23NO8/c1-16-5-9(19)7-2-3-10(8(18)4-7)23-15-14(22)13(21)12(20)11(6-17)24-15;1-16-5-9(19)7-2-3-8(18)10(4-7)23-15-14(22)13(21)12(20)11(6-17)24-15/h2*2-4,9,11-22H,5-6H2,1H3/t2*9-,11+,12+,13-,14+,15-/m00/s1. The number of aliphatic hydroxyl groups is 10. The first-order chi connectivity index (χ1) is 22.8. The van der Waals surface area contributed by atoms with Crippen molar-refractivity contribution in [3.05, 3.63) is 47.5 Å². The number of benzene rings is 2. The maximum absolute atomic E-state index is 10.0. The van der Waals surface area contributed by atoms with Gasteiger partial charge >= 0.3 is 0 Å². The second kappa shape index (κ2) is 18.2. The molecule has 2 aromatic rings. The van der Waals surface area contributed by atoms with E-state index in [9.17, 15) is 51.1 Å². The smallest absolute Gasteiger partial charge is 0.229 e. The molecule has 0 aromatic heterocycles. The highest BCUT2D eigenvalue weighted by atomic mass is 16.7. The van der Waals surface area contributed by atoms with Crippen molar-refractivity contribution in [3.63, 3.8) is 0 Å². The molecule has 48 heavy (non-hydrogen) atoms. The molecule has 2 aliphatic rings. The van der Waals surface area contributed by atoms with Crippen LogP contribution < -0.4 is 20.1 Å². The number of nitrogens with one attached hydrogen (secondary N) is 2. The number of hydrogen-bond donors (Lipinski definition) is 14. The molecule has 4 rings (SSSR count). The number of ether oxygens (including phenoxy) is 4. The summed E-state index contributed by atoms with van der Waals surface area (Å²) in [5, 5.41) is 122. The summed E-state index contributed by atoms with van der Waals surface area (Å²) in [6, 6.07) is 8.41. The fourth-order valence-electron chi connectivity index (χ4n) is 4.88. The summed E-state index contributed by atoms with van der Waals surface area (Å²) >= 11 is 0. The summed E-state index contributed by atoms with van der Waals surface area (Å²) in [7, 11) is 3.36. The van der Waals surface area contributed by atoms with Crippen molar-refractivity contribution >= 4 is 0 Å². The third-order valence-corrected chi connectivity index (χ3v) is 7.71. The first-order valence-electron chi connectivity index (χ1n) is 15.0. The Hall–Kier alpha value is -2.92. The van der Waals surface area contributed by atoms with Gasteiger partial charge in [0, 0.05) is 13.1 Å². The fourth-order valence-corrected chi connectivity index (χ4v) is 4.88. The molecule has 2 saturated heterocycles. The molecule has 12 atom stereocenters. The lowest BCUT2D eigenvalue weighted by molar-refractivity contribution is -0.277. The Morgan fingerprint density at radius 1 is 0.604 bits per heavy atom. The summed E-state index contributed by atoms with van der Waals surface area (Å²) in [6.07, 6.45) is -16.0. The van der Waals surface area contributed by atoms with Gasteiger partial charge in [-0.25, -0.2) is 0 Å². The fraction of sp³-hybridized carbons (Fsp3) is 0.600. The largest absolute Gasteiger partial charge is 0.504 e. The Labute approximate surface area is 275 Å². The summed E-state index contributed by atoms with van der Waals surface area (Å²) in [6.45, 7) is -0.583. The quantitative estimate of drug-likeness (QED) is 0.100. The minimum Gasteiger partial charge on any atom is -0.504 e. The van der Waals surface area contributed by atoms with Crippen molar-refractivity contribution in [2.45, 2.75) is 73.6 Å². The van der Waals surface area contributed by atoms with E-state index in [1.807, 2.05) is 0 Å². The second-order valence-corrected chi connectivity index (χ2v) is 11.2. The molecule has 14 N–H and O–H groups in total. The molecule has 0 saturated carbocycles. The number of aromatic hydroxyl groups is 2. The molecule has 2 aliphatic heterocycles. The van der Waals surface area contributed by atoms with E-state index in [1.54, 1.807) is 14.1 Å². The molecule has 272 valence electrons. The van der Waals surface area contributed by atoms with Crippen LogP contribution in [0.1, 0.15) is 23.3 Å². The third-order valence-electron chi connectivity index (χ3n) is 7.71. The van der Waals surface area contributed by atoms with E-state index in [-0.39, 0.29) is 29.5 Å². The SMILES string of the molecule is CNC[C@H](O)c1ccc(O)c(O[C@H]2O[C@H](CO)[C@@H](O)[C@H](O)[C@H]2O)c1.CNC[C@H](O)c1ccc(O[C@H]2O[C@H](CO)[C@@H](O)[C@H](O)[C@H]2O)c(O)c1. The average Bonchev–Trinajstić information content (AvgIpc) is 3.07. The Kier molecular flexibility index (Phi) is 15.0. The molecule has 0 spiro atoms. The predicted octanol–water partition coefficient (Wildman–Crippen LogP) is -4.35. The van der Waals surface area contributed by atoms with Gasteiger partial charge in [0.2, 0.25) is 12.6 Å². The van der Waals surface area contributed by atoms with E-state index in [1.165, 1.54) is 36.4 Å². The zero-order chi connectivity index (χ0) is 35.7. The van der Waals surface area contributed by atoms with Gasteiger partial charge in [-0.05, 0) is 49.5 Å². The van der Waals surface area contributed by atoms with Crippen molar-refractivity contribution in [1.82, 2.24) is 10.6 Å². The summed E-state index contributed by atoms with van der Waals surface area (Å²) < 4.78 is 21.1. The van der Waals surface area contributed by atoms with Crippen LogP contribution in [0, 0.1) is 0 Å². The van der Waals surface area contributed by atoms with E-state index >= 15 is 0 Å². The van der Waals surface area contributed by atoms with Crippen LogP contribution in [0.5, 0.6) is 23.0 Å². The third kappa shape index (κ3) is 9.61. The first kappa shape index (κ1) is 39.5. The predicted molar refractivity (Wildman–Crippen MR) is 163 cm³/mol. The van der Waals surface area contributed by atoms with Crippen molar-refractivity contribution < 1.29 is 80.2 Å². The molecule has 2 heterocycles. The Balaban J connectivity index is 0.000000260. The van der Waals surface area contributed by atoms with Gasteiger partial charge in [-0.1, -0.05) is 12.1 Å². The zero-order valence-electron chi connectivity index (χ0n) is 26.2. The lowest BCUT2D eigenvalue weighted by atomic mass is 9.99. The van der Waals surface area contributed by atoms with Crippen molar-refractivity contribution in [3.8, 4) is 23.0 Å². The molecule has 18 nitrogen and oxygen atoms in total. The molecule has 2 fully saturated rings. The van der Waals surface area contributed by atoms with E-state index in [4.69, 9.17) is 29.2 Å². The number of hydrogen-bond acceptors (Lipinski definition) is 18. The van der Waals surface area contributed by atoms with E-state index in [0.29, 0.717) is 17.7 Å². The first-order valence-corrected chi connectivity index (χ1v) is 15.0. The summed E-state index contributed by atoms with van der Waals surface area (Å²) in [5.41, 5.74) is 0.921. The molecule has 0 unspecified atom stereocenters. The summed E-state index contributed by atoms with van der Waals surface area (Å²) in [5.74, 6) is -0.668. The van der Waals surface area contributed by atoms with Crippen LogP contribution in [-0.2, 0) is 9.47 Å². The number of rotatable bonds is 12. The normalized spacial score (nSPS) is 31.7. The van der Waals surface area contributed by atoms with Crippen LogP contribution >= 0.6 is 0 Å². The monoisotopic (exact) mass is 690 g/mol. The maximum Gasteiger partial charge on any atom is 0.229 e. The van der Waals surface area contributed by atoms with Crippen molar-refractivity contribution in [2.24, 2.45) is 0 Å². The molecule has 0 aliphatic carbocycles. The number of likely N-dealkylation sites (N-methyl/N-ethyl adjacent to an activating group) is 2. The molecule has 0 bridgehead atoms.